The van der Waals surface area contributed by atoms with E-state index in [1.807, 2.05) is 13.8 Å². The summed E-state index contributed by atoms with van der Waals surface area (Å²) in [6, 6.07) is 0. The van der Waals surface area contributed by atoms with Crippen molar-refractivity contribution >= 4 is 5.97 Å². The van der Waals surface area contributed by atoms with Crippen molar-refractivity contribution in [3.8, 4) is 0 Å². The van der Waals surface area contributed by atoms with Gasteiger partial charge in [-0.3, -0.25) is 4.79 Å². The zero-order chi connectivity index (χ0) is 17.3. The van der Waals surface area contributed by atoms with Crippen molar-refractivity contribution in [3.63, 3.8) is 0 Å². The molecule has 0 N–H and O–H groups in total. The second-order valence-electron chi connectivity index (χ2n) is 7.30. The van der Waals surface area contributed by atoms with Crippen LogP contribution < -0.4 is 0 Å². The maximum Gasteiger partial charge on any atom is 0.309 e. The third kappa shape index (κ3) is 14.8. The van der Waals surface area contributed by atoms with Crippen LogP contribution in [0.4, 0.5) is 0 Å². The maximum absolute atomic E-state index is 12.3. The summed E-state index contributed by atoms with van der Waals surface area (Å²) in [4.78, 5) is 12.3. The van der Waals surface area contributed by atoms with E-state index in [0.29, 0.717) is 0 Å². The number of hydrogen-bond acceptors (Lipinski definition) is 2. The van der Waals surface area contributed by atoms with Gasteiger partial charge in [0.25, 0.3) is 0 Å². The summed E-state index contributed by atoms with van der Waals surface area (Å²) in [5, 5.41) is 0. The van der Waals surface area contributed by atoms with Gasteiger partial charge >= 0.3 is 5.97 Å². The van der Waals surface area contributed by atoms with Gasteiger partial charge in [0.15, 0.2) is 0 Å². The lowest BCUT2D eigenvalue weighted by molar-refractivity contribution is -0.153. The highest BCUT2D eigenvalue weighted by molar-refractivity contribution is 5.72. The Morgan fingerprint density at radius 3 is 1.48 bits per heavy atom. The standard InChI is InChI=1S/C21H42O2/c1-5-7-9-11-12-14-16-18-20(21(22)23-19(3)4)17-15-13-10-8-6-2/h19-20H,5-18H2,1-4H3. The van der Waals surface area contributed by atoms with E-state index in [2.05, 4.69) is 13.8 Å². The predicted octanol–water partition coefficient (Wildman–Crippen LogP) is 7.06. The van der Waals surface area contributed by atoms with Crippen LogP contribution in [0.3, 0.4) is 0 Å². The number of rotatable bonds is 16. The van der Waals surface area contributed by atoms with Gasteiger partial charge in [-0.1, -0.05) is 90.9 Å². The monoisotopic (exact) mass is 326 g/mol. The molecule has 0 rings (SSSR count). The van der Waals surface area contributed by atoms with Gasteiger partial charge in [-0.15, -0.1) is 0 Å². The number of ether oxygens (including phenoxy) is 1. The average Bonchev–Trinajstić information content (AvgIpc) is 2.51. The number of carbonyl (C=O) groups is 1. The summed E-state index contributed by atoms with van der Waals surface area (Å²) < 4.78 is 5.46. The molecule has 2 heteroatoms. The minimum absolute atomic E-state index is 0.0131. The lowest BCUT2D eigenvalue weighted by Gasteiger charge is -2.18. The minimum atomic E-state index is 0.0131. The number of carbonyl (C=O) groups excluding carboxylic acids is 1. The molecule has 0 radical (unpaired) electrons. The first-order valence-corrected chi connectivity index (χ1v) is 10.3. The van der Waals surface area contributed by atoms with Crippen LogP contribution in [-0.4, -0.2) is 12.1 Å². The van der Waals surface area contributed by atoms with Gasteiger partial charge < -0.3 is 4.74 Å². The topological polar surface area (TPSA) is 26.3 Å². The lowest BCUT2D eigenvalue weighted by Crippen LogP contribution is -2.21. The van der Waals surface area contributed by atoms with E-state index in [1.54, 1.807) is 0 Å². The molecule has 0 aliphatic rings. The van der Waals surface area contributed by atoms with E-state index < -0.39 is 0 Å². The van der Waals surface area contributed by atoms with Crippen LogP contribution in [0.15, 0.2) is 0 Å². The number of unbranched alkanes of at least 4 members (excludes halogenated alkanes) is 10. The van der Waals surface area contributed by atoms with E-state index >= 15 is 0 Å². The largest absolute Gasteiger partial charge is 0.463 e. The van der Waals surface area contributed by atoms with Crippen LogP contribution in [0, 0.1) is 5.92 Å². The summed E-state index contributed by atoms with van der Waals surface area (Å²) >= 11 is 0. The highest BCUT2D eigenvalue weighted by Crippen LogP contribution is 2.21. The minimum Gasteiger partial charge on any atom is -0.463 e. The van der Waals surface area contributed by atoms with Gasteiger partial charge in [-0.2, -0.15) is 0 Å². The molecule has 0 aliphatic heterocycles. The van der Waals surface area contributed by atoms with Gasteiger partial charge in [-0.05, 0) is 26.7 Å². The third-order valence-corrected chi connectivity index (χ3v) is 4.50. The maximum atomic E-state index is 12.3. The Kier molecular flexibility index (Phi) is 16.0. The molecule has 0 aromatic rings. The average molecular weight is 327 g/mol. The molecule has 0 aromatic heterocycles. The molecule has 0 aliphatic carbocycles. The van der Waals surface area contributed by atoms with Gasteiger partial charge in [0.2, 0.25) is 0 Å². The molecule has 0 bridgehead atoms. The first-order chi connectivity index (χ1) is 11.1. The van der Waals surface area contributed by atoms with Crippen LogP contribution in [0.25, 0.3) is 0 Å². The lowest BCUT2D eigenvalue weighted by atomic mass is 9.94. The highest BCUT2D eigenvalue weighted by atomic mass is 16.5. The molecule has 0 heterocycles. The molecule has 138 valence electrons. The first kappa shape index (κ1) is 22.5. The van der Waals surface area contributed by atoms with E-state index in [4.69, 9.17) is 4.74 Å². The van der Waals surface area contributed by atoms with Crippen LogP contribution in [0.1, 0.15) is 118 Å². The van der Waals surface area contributed by atoms with E-state index in [0.717, 1.165) is 12.8 Å². The molecule has 23 heavy (non-hydrogen) atoms. The van der Waals surface area contributed by atoms with Crippen LogP contribution >= 0.6 is 0 Å². The Morgan fingerprint density at radius 2 is 1.09 bits per heavy atom. The Bertz CT molecular complexity index is 261. The summed E-state index contributed by atoms with van der Waals surface area (Å²) in [6.45, 7) is 8.39. The zero-order valence-electron chi connectivity index (χ0n) is 16.4. The number of hydrogen-bond donors (Lipinski definition) is 0. The molecule has 1 atom stereocenters. The normalized spacial score (nSPS) is 12.6. The summed E-state index contributed by atoms with van der Waals surface area (Å²) in [5.74, 6) is 0.177. The quantitative estimate of drug-likeness (QED) is 0.224. The van der Waals surface area contributed by atoms with Crippen LogP contribution in [0.2, 0.25) is 0 Å². The molecule has 0 saturated carbocycles. The number of esters is 1. The van der Waals surface area contributed by atoms with E-state index in [-0.39, 0.29) is 18.0 Å². The molecule has 0 amide bonds. The summed E-state index contributed by atoms with van der Waals surface area (Å²) in [5.41, 5.74) is 0. The molecule has 0 spiro atoms. The van der Waals surface area contributed by atoms with Gasteiger partial charge in [-0.25, -0.2) is 0 Å². The van der Waals surface area contributed by atoms with Crippen molar-refractivity contribution < 1.29 is 9.53 Å². The van der Waals surface area contributed by atoms with Gasteiger partial charge in [0, 0.05) is 0 Å². The Hall–Kier alpha value is -0.530. The third-order valence-electron chi connectivity index (χ3n) is 4.50. The van der Waals surface area contributed by atoms with E-state index in [1.165, 1.54) is 77.0 Å². The first-order valence-electron chi connectivity index (χ1n) is 10.3. The van der Waals surface area contributed by atoms with E-state index in [9.17, 15) is 4.79 Å². The fourth-order valence-corrected chi connectivity index (χ4v) is 3.05. The zero-order valence-corrected chi connectivity index (χ0v) is 16.4. The molecule has 0 fully saturated rings. The SMILES string of the molecule is CCCCCCCCCC(CCCCCCC)C(=O)OC(C)C. The van der Waals surface area contributed by atoms with Gasteiger partial charge in [0.1, 0.15) is 0 Å². The van der Waals surface area contributed by atoms with Crippen molar-refractivity contribution in [2.24, 2.45) is 5.92 Å². The molecular weight excluding hydrogens is 284 g/mol. The predicted molar refractivity (Wildman–Crippen MR) is 101 cm³/mol. The van der Waals surface area contributed by atoms with Crippen LogP contribution in [-0.2, 0) is 9.53 Å². The van der Waals surface area contributed by atoms with Crippen molar-refractivity contribution in [2.75, 3.05) is 0 Å². The Morgan fingerprint density at radius 1 is 0.696 bits per heavy atom. The second-order valence-corrected chi connectivity index (χ2v) is 7.30. The van der Waals surface area contributed by atoms with Crippen molar-refractivity contribution in [3.05, 3.63) is 0 Å². The fraction of sp³-hybridized carbons (Fsp3) is 0.952. The molecule has 0 saturated heterocycles. The van der Waals surface area contributed by atoms with Gasteiger partial charge in [0.05, 0.1) is 12.0 Å². The van der Waals surface area contributed by atoms with Crippen molar-refractivity contribution in [2.45, 2.75) is 124 Å². The van der Waals surface area contributed by atoms with Crippen LogP contribution in [0.5, 0.6) is 0 Å². The molecule has 2 nitrogen and oxygen atoms in total. The Labute approximate surface area is 145 Å². The second kappa shape index (κ2) is 16.3. The molecule has 0 aromatic carbocycles. The summed E-state index contributed by atoms with van der Waals surface area (Å²) in [7, 11) is 0. The smallest absolute Gasteiger partial charge is 0.309 e. The molecule has 1 unspecified atom stereocenters. The van der Waals surface area contributed by atoms with Crippen molar-refractivity contribution in [1.82, 2.24) is 0 Å². The fourth-order valence-electron chi connectivity index (χ4n) is 3.05. The Balaban J connectivity index is 3.94. The van der Waals surface area contributed by atoms with Crippen molar-refractivity contribution in [1.29, 1.82) is 0 Å². The summed E-state index contributed by atoms with van der Waals surface area (Å²) in [6.07, 6.45) is 17.5. The molecular formula is C21H42O2. The highest BCUT2D eigenvalue weighted by Gasteiger charge is 2.20.